The Bertz CT molecular complexity index is 607. The number of carboxylic acids is 1. The first-order chi connectivity index (χ1) is 8.97. The molecular formula is C14H16N2O2S. The molecule has 0 amide bonds. The number of thiazole rings is 1. The molecule has 100 valence electrons. The van der Waals surface area contributed by atoms with E-state index >= 15 is 0 Å². The summed E-state index contributed by atoms with van der Waals surface area (Å²) in [4.78, 5) is 15.4. The second-order valence-corrected chi connectivity index (χ2v) is 5.42. The molecule has 0 saturated heterocycles. The number of hydrogen-bond acceptors (Lipinski definition) is 4. The third kappa shape index (κ3) is 3.12. The van der Waals surface area contributed by atoms with Crippen LogP contribution in [-0.4, -0.2) is 16.1 Å². The van der Waals surface area contributed by atoms with E-state index in [4.69, 9.17) is 5.11 Å². The highest BCUT2D eigenvalue weighted by atomic mass is 32.1. The van der Waals surface area contributed by atoms with Gasteiger partial charge in [0.1, 0.15) is 5.01 Å². The molecule has 4 nitrogen and oxygen atoms in total. The Labute approximate surface area is 116 Å². The highest BCUT2D eigenvalue weighted by Gasteiger charge is 2.11. The molecule has 0 bridgehead atoms. The fraction of sp³-hybridized carbons (Fsp3) is 0.286. The third-order valence-electron chi connectivity index (χ3n) is 2.85. The predicted octanol–water partition coefficient (Wildman–Crippen LogP) is 3.63. The van der Waals surface area contributed by atoms with Crippen molar-refractivity contribution < 1.29 is 9.90 Å². The van der Waals surface area contributed by atoms with Crippen molar-refractivity contribution in [2.24, 2.45) is 0 Å². The van der Waals surface area contributed by atoms with Gasteiger partial charge in [0.05, 0.1) is 11.6 Å². The van der Waals surface area contributed by atoms with Gasteiger partial charge < -0.3 is 10.4 Å². The van der Waals surface area contributed by atoms with Crippen LogP contribution in [-0.2, 0) is 0 Å². The topological polar surface area (TPSA) is 62.2 Å². The molecule has 2 aromatic rings. The van der Waals surface area contributed by atoms with Gasteiger partial charge in [0, 0.05) is 16.8 Å². The number of nitrogens with one attached hydrogen (secondary N) is 1. The van der Waals surface area contributed by atoms with Gasteiger partial charge in [-0.25, -0.2) is 9.78 Å². The van der Waals surface area contributed by atoms with E-state index in [0.29, 0.717) is 5.56 Å². The zero-order valence-electron chi connectivity index (χ0n) is 11.1. The first kappa shape index (κ1) is 13.5. The fourth-order valence-electron chi connectivity index (χ4n) is 1.88. The molecule has 1 heterocycles. The van der Waals surface area contributed by atoms with Gasteiger partial charge in [-0.2, -0.15) is 0 Å². The van der Waals surface area contributed by atoms with Crippen molar-refractivity contribution in [3.8, 4) is 0 Å². The summed E-state index contributed by atoms with van der Waals surface area (Å²) in [7, 11) is 0. The van der Waals surface area contributed by atoms with Gasteiger partial charge in [-0.05, 0) is 44.5 Å². The number of benzene rings is 1. The molecule has 1 aromatic carbocycles. The number of aromatic nitrogens is 1. The average molecular weight is 276 g/mol. The number of nitrogens with zero attached hydrogens (tertiary/aromatic N) is 1. The molecule has 1 atom stereocenters. The van der Waals surface area contributed by atoms with Crippen LogP contribution in [0.2, 0.25) is 0 Å². The molecule has 0 spiro atoms. The van der Waals surface area contributed by atoms with Gasteiger partial charge in [-0.15, -0.1) is 11.3 Å². The van der Waals surface area contributed by atoms with Crippen molar-refractivity contribution in [3.63, 3.8) is 0 Å². The summed E-state index contributed by atoms with van der Waals surface area (Å²) in [5, 5.41) is 15.4. The molecule has 5 heteroatoms. The third-order valence-corrected chi connectivity index (χ3v) is 3.99. The molecule has 0 radical (unpaired) electrons. The SMILES string of the molecule is Cc1csc(C(C)Nc2ccc(C(=O)O)c(C)c2)n1. The normalized spacial score (nSPS) is 12.2. The zero-order valence-corrected chi connectivity index (χ0v) is 11.9. The highest BCUT2D eigenvalue weighted by molar-refractivity contribution is 7.09. The van der Waals surface area contributed by atoms with E-state index in [1.54, 1.807) is 30.4 Å². The quantitative estimate of drug-likeness (QED) is 0.895. The van der Waals surface area contributed by atoms with Gasteiger partial charge in [0.2, 0.25) is 0 Å². The first-order valence-electron chi connectivity index (χ1n) is 6.00. The van der Waals surface area contributed by atoms with Crippen LogP contribution in [0, 0.1) is 13.8 Å². The minimum atomic E-state index is -0.896. The molecule has 0 aliphatic heterocycles. The van der Waals surface area contributed by atoms with Gasteiger partial charge in [0.15, 0.2) is 0 Å². The molecule has 0 fully saturated rings. The number of carboxylic acid groups (broad SMARTS) is 1. The monoisotopic (exact) mass is 276 g/mol. The maximum absolute atomic E-state index is 11.0. The molecule has 0 saturated carbocycles. The Morgan fingerprint density at radius 3 is 2.68 bits per heavy atom. The van der Waals surface area contributed by atoms with E-state index in [1.807, 2.05) is 25.3 Å². The van der Waals surface area contributed by atoms with Gasteiger partial charge in [-0.1, -0.05) is 0 Å². The standard InChI is InChI=1S/C14H16N2O2S/c1-8-6-11(4-5-12(8)14(17)18)16-10(3)13-15-9(2)7-19-13/h4-7,10,16H,1-3H3,(H,17,18). The summed E-state index contributed by atoms with van der Waals surface area (Å²) in [6.07, 6.45) is 0. The molecule has 1 aromatic heterocycles. The number of hydrogen-bond donors (Lipinski definition) is 2. The van der Waals surface area contributed by atoms with Crippen molar-refractivity contribution in [1.29, 1.82) is 0 Å². The maximum Gasteiger partial charge on any atom is 0.335 e. The van der Waals surface area contributed by atoms with Gasteiger partial charge >= 0.3 is 5.97 Å². The summed E-state index contributed by atoms with van der Waals surface area (Å²) in [5.74, 6) is -0.896. The van der Waals surface area contributed by atoms with Crippen LogP contribution in [0.4, 0.5) is 5.69 Å². The lowest BCUT2D eigenvalue weighted by atomic mass is 10.1. The summed E-state index contributed by atoms with van der Waals surface area (Å²) in [6, 6.07) is 5.36. The summed E-state index contributed by atoms with van der Waals surface area (Å²) in [5.41, 5.74) is 3.01. The van der Waals surface area contributed by atoms with Crippen molar-refractivity contribution >= 4 is 23.0 Å². The van der Waals surface area contributed by atoms with E-state index in [9.17, 15) is 4.79 Å². The van der Waals surface area contributed by atoms with Crippen molar-refractivity contribution in [3.05, 3.63) is 45.4 Å². The van der Waals surface area contributed by atoms with Crippen LogP contribution in [0.15, 0.2) is 23.6 Å². The molecule has 2 rings (SSSR count). The minimum absolute atomic E-state index is 0.105. The number of aromatic carboxylic acids is 1. The van der Waals surface area contributed by atoms with Crippen LogP contribution in [0.25, 0.3) is 0 Å². The lowest BCUT2D eigenvalue weighted by Crippen LogP contribution is -2.07. The highest BCUT2D eigenvalue weighted by Crippen LogP contribution is 2.23. The van der Waals surface area contributed by atoms with Crippen LogP contribution < -0.4 is 5.32 Å². The Balaban J connectivity index is 2.15. The van der Waals surface area contributed by atoms with E-state index in [0.717, 1.165) is 22.0 Å². The van der Waals surface area contributed by atoms with Crippen LogP contribution >= 0.6 is 11.3 Å². The molecule has 0 aliphatic carbocycles. The van der Waals surface area contributed by atoms with Crippen molar-refractivity contribution in [1.82, 2.24) is 4.98 Å². The summed E-state index contributed by atoms with van der Waals surface area (Å²) in [6.45, 7) is 5.81. The van der Waals surface area contributed by atoms with E-state index in [-0.39, 0.29) is 6.04 Å². The molecule has 19 heavy (non-hydrogen) atoms. The van der Waals surface area contributed by atoms with Crippen LogP contribution in [0.3, 0.4) is 0 Å². The number of anilines is 1. The molecule has 2 N–H and O–H groups in total. The van der Waals surface area contributed by atoms with Gasteiger partial charge in [-0.3, -0.25) is 0 Å². The summed E-state index contributed by atoms with van der Waals surface area (Å²) < 4.78 is 0. The Morgan fingerprint density at radius 2 is 2.16 bits per heavy atom. The average Bonchev–Trinajstić information content (AvgIpc) is 2.75. The van der Waals surface area contributed by atoms with Crippen molar-refractivity contribution in [2.45, 2.75) is 26.8 Å². The Kier molecular flexibility index (Phi) is 3.85. The lowest BCUT2D eigenvalue weighted by Gasteiger charge is -2.14. The fourth-order valence-corrected chi connectivity index (χ4v) is 2.68. The minimum Gasteiger partial charge on any atom is -0.478 e. The van der Waals surface area contributed by atoms with Gasteiger partial charge in [0.25, 0.3) is 0 Å². The largest absolute Gasteiger partial charge is 0.478 e. The number of carbonyl (C=O) groups is 1. The summed E-state index contributed by atoms with van der Waals surface area (Å²) >= 11 is 1.62. The van der Waals surface area contributed by atoms with E-state index in [1.165, 1.54) is 0 Å². The Morgan fingerprint density at radius 1 is 1.42 bits per heavy atom. The van der Waals surface area contributed by atoms with E-state index in [2.05, 4.69) is 10.3 Å². The smallest absolute Gasteiger partial charge is 0.335 e. The molecule has 1 unspecified atom stereocenters. The molecule has 0 aliphatic rings. The second-order valence-electron chi connectivity index (χ2n) is 4.53. The zero-order chi connectivity index (χ0) is 14.0. The van der Waals surface area contributed by atoms with Crippen LogP contribution in [0.5, 0.6) is 0 Å². The van der Waals surface area contributed by atoms with Crippen molar-refractivity contribution in [2.75, 3.05) is 5.32 Å². The predicted molar refractivity (Wildman–Crippen MR) is 77.0 cm³/mol. The first-order valence-corrected chi connectivity index (χ1v) is 6.88. The lowest BCUT2D eigenvalue weighted by molar-refractivity contribution is 0.0696. The maximum atomic E-state index is 11.0. The second kappa shape index (κ2) is 5.40. The van der Waals surface area contributed by atoms with E-state index < -0.39 is 5.97 Å². The number of rotatable bonds is 4. The Hall–Kier alpha value is -1.88. The van der Waals surface area contributed by atoms with Crippen LogP contribution in [0.1, 0.15) is 39.6 Å². The molecular weight excluding hydrogens is 260 g/mol. The number of aryl methyl sites for hydroxylation is 2.